The molecule has 23 heavy (non-hydrogen) atoms. The van der Waals surface area contributed by atoms with Crippen LogP contribution in [0.15, 0.2) is 0 Å². The summed E-state index contributed by atoms with van der Waals surface area (Å²) in [4.78, 5) is 23.7. The van der Waals surface area contributed by atoms with Gasteiger partial charge in [-0.05, 0) is 37.5 Å². The zero-order valence-electron chi connectivity index (χ0n) is 14.2. The number of carbonyl (C=O) groups is 2. The van der Waals surface area contributed by atoms with Crippen LogP contribution in [0.25, 0.3) is 0 Å². The monoisotopic (exact) mass is 325 g/mol. The molecule has 0 aromatic carbocycles. The Bertz CT molecular complexity index is 406. The van der Waals surface area contributed by atoms with E-state index in [1.807, 2.05) is 0 Å². The van der Waals surface area contributed by atoms with E-state index in [4.69, 9.17) is 5.11 Å². The van der Waals surface area contributed by atoms with Crippen LogP contribution in [0, 0.1) is 17.8 Å². The lowest BCUT2D eigenvalue weighted by Crippen LogP contribution is -2.47. The SMILES string of the molecule is CCCC1CC(O)C(C(=O)NC2CCCCC2)CC1CC(=O)O. The largest absolute Gasteiger partial charge is 0.481 e. The maximum atomic E-state index is 12.6. The van der Waals surface area contributed by atoms with Gasteiger partial charge in [-0.25, -0.2) is 0 Å². The number of hydrogen-bond donors (Lipinski definition) is 3. The van der Waals surface area contributed by atoms with Crippen LogP contribution in [-0.4, -0.2) is 34.2 Å². The van der Waals surface area contributed by atoms with E-state index in [0.717, 1.165) is 38.5 Å². The molecule has 1 amide bonds. The van der Waals surface area contributed by atoms with Crippen molar-refractivity contribution in [2.24, 2.45) is 17.8 Å². The lowest BCUT2D eigenvalue weighted by Gasteiger charge is -2.39. The summed E-state index contributed by atoms with van der Waals surface area (Å²) in [7, 11) is 0. The van der Waals surface area contributed by atoms with Gasteiger partial charge in [0.25, 0.3) is 0 Å². The van der Waals surface area contributed by atoms with Crippen LogP contribution >= 0.6 is 0 Å². The first-order valence-corrected chi connectivity index (χ1v) is 9.21. The fourth-order valence-electron chi connectivity index (χ4n) is 4.38. The normalized spacial score (nSPS) is 32.4. The van der Waals surface area contributed by atoms with E-state index in [1.165, 1.54) is 6.42 Å². The number of hydrogen-bond acceptors (Lipinski definition) is 3. The predicted molar refractivity (Wildman–Crippen MR) is 87.9 cm³/mol. The van der Waals surface area contributed by atoms with Crippen molar-refractivity contribution in [3.63, 3.8) is 0 Å². The molecule has 2 aliphatic carbocycles. The molecule has 132 valence electrons. The van der Waals surface area contributed by atoms with Gasteiger partial charge in [0.15, 0.2) is 0 Å². The van der Waals surface area contributed by atoms with E-state index >= 15 is 0 Å². The first kappa shape index (κ1) is 18.2. The Balaban J connectivity index is 1.96. The summed E-state index contributed by atoms with van der Waals surface area (Å²) >= 11 is 0. The molecule has 4 unspecified atom stereocenters. The van der Waals surface area contributed by atoms with Crippen LogP contribution in [0.2, 0.25) is 0 Å². The van der Waals surface area contributed by atoms with E-state index in [1.54, 1.807) is 0 Å². The Morgan fingerprint density at radius 1 is 1.09 bits per heavy atom. The summed E-state index contributed by atoms with van der Waals surface area (Å²) in [6, 6.07) is 0.231. The Hall–Kier alpha value is -1.10. The molecule has 3 N–H and O–H groups in total. The van der Waals surface area contributed by atoms with E-state index in [2.05, 4.69) is 12.2 Å². The minimum absolute atomic E-state index is 0.00189. The Morgan fingerprint density at radius 3 is 2.39 bits per heavy atom. The second-order valence-corrected chi connectivity index (χ2v) is 7.40. The summed E-state index contributed by atoms with van der Waals surface area (Å²) in [6.07, 6.45) is 7.99. The van der Waals surface area contributed by atoms with Crippen molar-refractivity contribution in [2.45, 2.75) is 83.3 Å². The van der Waals surface area contributed by atoms with Crippen molar-refractivity contribution in [3.05, 3.63) is 0 Å². The molecule has 0 aromatic heterocycles. The summed E-state index contributed by atoms with van der Waals surface area (Å²) in [5.74, 6) is -1.12. The molecule has 5 nitrogen and oxygen atoms in total. The third-order valence-corrected chi connectivity index (χ3v) is 5.62. The quantitative estimate of drug-likeness (QED) is 0.701. The van der Waals surface area contributed by atoms with Gasteiger partial charge >= 0.3 is 5.97 Å². The number of aliphatic carboxylic acids is 1. The average molecular weight is 325 g/mol. The highest BCUT2D eigenvalue weighted by atomic mass is 16.4. The molecular weight excluding hydrogens is 294 g/mol. The van der Waals surface area contributed by atoms with Gasteiger partial charge in [-0.2, -0.15) is 0 Å². The smallest absolute Gasteiger partial charge is 0.303 e. The van der Waals surface area contributed by atoms with Crippen molar-refractivity contribution in [3.8, 4) is 0 Å². The van der Waals surface area contributed by atoms with Crippen LogP contribution in [0.3, 0.4) is 0 Å². The van der Waals surface area contributed by atoms with E-state index in [-0.39, 0.29) is 30.2 Å². The van der Waals surface area contributed by atoms with Crippen molar-refractivity contribution in [2.75, 3.05) is 0 Å². The van der Waals surface area contributed by atoms with Crippen molar-refractivity contribution in [1.82, 2.24) is 5.32 Å². The molecule has 2 rings (SSSR count). The number of aliphatic hydroxyl groups is 1. The molecule has 0 bridgehead atoms. The number of carbonyl (C=O) groups excluding carboxylic acids is 1. The molecule has 0 heterocycles. The molecule has 0 saturated heterocycles. The van der Waals surface area contributed by atoms with Crippen LogP contribution in [-0.2, 0) is 9.59 Å². The summed E-state index contributed by atoms with van der Waals surface area (Å²) in [5, 5.41) is 22.6. The van der Waals surface area contributed by atoms with Crippen LogP contribution in [0.4, 0.5) is 0 Å². The second kappa shape index (κ2) is 8.67. The van der Waals surface area contributed by atoms with E-state index < -0.39 is 18.0 Å². The van der Waals surface area contributed by atoms with Crippen LogP contribution in [0.5, 0.6) is 0 Å². The molecule has 0 radical (unpaired) electrons. The minimum atomic E-state index is -0.807. The third-order valence-electron chi connectivity index (χ3n) is 5.62. The number of amides is 1. The van der Waals surface area contributed by atoms with Gasteiger partial charge in [-0.1, -0.05) is 39.0 Å². The number of rotatable bonds is 6. The fraction of sp³-hybridized carbons (Fsp3) is 0.889. The molecular formula is C18H31NO4. The highest BCUT2D eigenvalue weighted by molar-refractivity contribution is 5.80. The zero-order valence-corrected chi connectivity index (χ0v) is 14.2. The molecule has 2 saturated carbocycles. The lowest BCUT2D eigenvalue weighted by molar-refractivity contribution is -0.142. The van der Waals surface area contributed by atoms with Gasteiger partial charge in [0.05, 0.1) is 12.0 Å². The number of aliphatic hydroxyl groups excluding tert-OH is 1. The second-order valence-electron chi connectivity index (χ2n) is 7.40. The molecule has 2 aliphatic rings. The molecule has 0 aliphatic heterocycles. The minimum Gasteiger partial charge on any atom is -0.481 e. The van der Waals surface area contributed by atoms with Gasteiger partial charge in [-0.15, -0.1) is 0 Å². The fourth-order valence-corrected chi connectivity index (χ4v) is 4.38. The first-order chi connectivity index (χ1) is 11.0. The van der Waals surface area contributed by atoms with Crippen molar-refractivity contribution in [1.29, 1.82) is 0 Å². The van der Waals surface area contributed by atoms with Crippen LogP contribution < -0.4 is 5.32 Å². The van der Waals surface area contributed by atoms with E-state index in [9.17, 15) is 14.7 Å². The maximum absolute atomic E-state index is 12.6. The van der Waals surface area contributed by atoms with Gasteiger partial charge in [-0.3, -0.25) is 9.59 Å². The third kappa shape index (κ3) is 5.20. The van der Waals surface area contributed by atoms with Gasteiger partial charge < -0.3 is 15.5 Å². The van der Waals surface area contributed by atoms with Gasteiger partial charge in [0, 0.05) is 12.5 Å². The summed E-state index contributed by atoms with van der Waals surface area (Å²) in [6.45, 7) is 2.08. The molecule has 4 atom stereocenters. The summed E-state index contributed by atoms with van der Waals surface area (Å²) in [5.41, 5.74) is 0. The van der Waals surface area contributed by atoms with Gasteiger partial charge in [0.1, 0.15) is 0 Å². The highest BCUT2D eigenvalue weighted by Gasteiger charge is 2.40. The molecule has 5 heteroatoms. The Labute approximate surface area is 138 Å². The Morgan fingerprint density at radius 2 is 1.78 bits per heavy atom. The molecule has 2 fully saturated rings. The zero-order chi connectivity index (χ0) is 16.8. The standard InChI is InChI=1S/C18H31NO4/c1-2-6-12-10-16(20)15(9-13(12)11-17(21)22)18(23)19-14-7-4-3-5-8-14/h12-16,20H,2-11H2,1H3,(H,19,23)(H,21,22). The van der Waals surface area contributed by atoms with Crippen molar-refractivity contribution < 1.29 is 19.8 Å². The Kier molecular flexibility index (Phi) is 6.88. The predicted octanol–water partition coefficient (Wildman–Crippen LogP) is 2.71. The molecule has 0 spiro atoms. The highest BCUT2D eigenvalue weighted by Crippen LogP contribution is 2.39. The summed E-state index contributed by atoms with van der Waals surface area (Å²) < 4.78 is 0. The molecule has 0 aromatic rings. The van der Waals surface area contributed by atoms with E-state index in [0.29, 0.717) is 12.8 Å². The average Bonchev–Trinajstić information content (AvgIpc) is 2.50. The van der Waals surface area contributed by atoms with Crippen LogP contribution in [0.1, 0.15) is 71.1 Å². The number of carboxylic acid groups (broad SMARTS) is 1. The first-order valence-electron chi connectivity index (χ1n) is 9.21. The number of carboxylic acids is 1. The van der Waals surface area contributed by atoms with Gasteiger partial charge in [0.2, 0.25) is 5.91 Å². The lowest BCUT2D eigenvalue weighted by atomic mass is 9.69. The van der Waals surface area contributed by atoms with Crippen molar-refractivity contribution >= 4 is 11.9 Å². The number of nitrogens with one attached hydrogen (secondary N) is 1. The topological polar surface area (TPSA) is 86.6 Å². The maximum Gasteiger partial charge on any atom is 0.303 e.